The number of benzene rings is 2. The molecule has 1 aromatic heterocycles. The zero-order chi connectivity index (χ0) is 16.1. The van der Waals surface area contributed by atoms with Gasteiger partial charge in [-0.3, -0.25) is 0 Å². The van der Waals surface area contributed by atoms with E-state index in [2.05, 4.69) is 51.9 Å². The second kappa shape index (κ2) is 7.57. The number of nitrogens with one attached hydrogen (secondary N) is 1. The molecule has 0 saturated carbocycles. The van der Waals surface area contributed by atoms with E-state index in [4.69, 9.17) is 11.6 Å². The third kappa shape index (κ3) is 4.78. The van der Waals surface area contributed by atoms with Crippen LogP contribution in [0.4, 0.5) is 5.13 Å². The smallest absolute Gasteiger partial charge is 0.202 e. The summed E-state index contributed by atoms with van der Waals surface area (Å²) in [5.41, 5.74) is 3.72. The van der Waals surface area contributed by atoms with Crippen LogP contribution in [0, 0.1) is 6.92 Å². The summed E-state index contributed by atoms with van der Waals surface area (Å²) in [6.07, 6.45) is 1.68. The van der Waals surface area contributed by atoms with E-state index in [1.54, 1.807) is 0 Å². The Labute approximate surface area is 145 Å². The van der Waals surface area contributed by atoms with E-state index in [0.717, 1.165) is 35.4 Å². The van der Waals surface area contributed by atoms with Gasteiger partial charge in [0.2, 0.25) is 5.13 Å². The first-order valence-electron chi connectivity index (χ1n) is 7.55. The van der Waals surface area contributed by atoms with Gasteiger partial charge in [0, 0.05) is 29.5 Å². The largest absolute Gasteiger partial charge is 0.360 e. The maximum absolute atomic E-state index is 5.99. The topological polar surface area (TPSA) is 37.8 Å². The van der Waals surface area contributed by atoms with Gasteiger partial charge in [-0.25, -0.2) is 4.98 Å². The molecule has 3 aromatic rings. The van der Waals surface area contributed by atoms with Gasteiger partial charge in [-0.15, -0.1) is 0 Å². The van der Waals surface area contributed by atoms with Crippen molar-refractivity contribution in [1.82, 2.24) is 9.36 Å². The van der Waals surface area contributed by atoms with Crippen LogP contribution in [0.2, 0.25) is 5.02 Å². The fourth-order valence-electron chi connectivity index (χ4n) is 2.29. The SMILES string of the molecule is Cc1ccc(Cc2nsc(NCCc3cccc(Cl)c3)n2)cc1. The highest BCUT2D eigenvalue weighted by Gasteiger charge is 2.05. The molecule has 0 fully saturated rings. The minimum atomic E-state index is 0.771. The Morgan fingerprint density at radius 2 is 1.91 bits per heavy atom. The monoisotopic (exact) mass is 343 g/mol. The van der Waals surface area contributed by atoms with Gasteiger partial charge < -0.3 is 5.32 Å². The molecule has 3 rings (SSSR count). The van der Waals surface area contributed by atoms with E-state index in [9.17, 15) is 0 Å². The Balaban J connectivity index is 1.52. The van der Waals surface area contributed by atoms with E-state index in [-0.39, 0.29) is 0 Å². The van der Waals surface area contributed by atoms with Crippen molar-refractivity contribution in [2.45, 2.75) is 19.8 Å². The number of halogens is 1. The standard InChI is InChI=1S/C18H18ClN3S/c1-13-5-7-15(8-6-13)12-17-21-18(23-22-17)20-10-9-14-3-2-4-16(19)11-14/h2-8,11H,9-10,12H2,1H3,(H,20,21,22). The summed E-state index contributed by atoms with van der Waals surface area (Å²) in [6.45, 7) is 2.91. The third-order valence-corrected chi connectivity index (χ3v) is 4.48. The molecule has 0 aliphatic heterocycles. The fraction of sp³-hybridized carbons (Fsp3) is 0.222. The van der Waals surface area contributed by atoms with Gasteiger partial charge in [-0.05, 0) is 36.6 Å². The first-order chi connectivity index (χ1) is 11.2. The third-order valence-electron chi connectivity index (χ3n) is 3.53. The normalized spacial score (nSPS) is 10.7. The van der Waals surface area contributed by atoms with Crippen molar-refractivity contribution in [3.63, 3.8) is 0 Å². The van der Waals surface area contributed by atoms with Crippen LogP contribution >= 0.6 is 23.1 Å². The van der Waals surface area contributed by atoms with E-state index in [1.807, 2.05) is 18.2 Å². The van der Waals surface area contributed by atoms with E-state index < -0.39 is 0 Å². The van der Waals surface area contributed by atoms with E-state index in [0.29, 0.717) is 0 Å². The Morgan fingerprint density at radius 1 is 1.09 bits per heavy atom. The quantitative estimate of drug-likeness (QED) is 0.702. The fourth-order valence-corrected chi connectivity index (χ4v) is 3.12. The van der Waals surface area contributed by atoms with Crippen LogP contribution in [0.1, 0.15) is 22.5 Å². The van der Waals surface area contributed by atoms with Crippen molar-refractivity contribution < 1.29 is 0 Å². The van der Waals surface area contributed by atoms with Gasteiger partial charge in [-0.2, -0.15) is 4.37 Å². The Bertz CT molecular complexity index is 768. The number of aromatic nitrogens is 2. The molecule has 0 bridgehead atoms. The lowest BCUT2D eigenvalue weighted by Crippen LogP contribution is -2.04. The molecule has 0 aliphatic carbocycles. The summed E-state index contributed by atoms with van der Waals surface area (Å²) in [5, 5.41) is 4.98. The predicted octanol–water partition coefficient (Wildman–Crippen LogP) is 4.75. The van der Waals surface area contributed by atoms with Gasteiger partial charge in [0.15, 0.2) is 0 Å². The summed E-state index contributed by atoms with van der Waals surface area (Å²) < 4.78 is 4.42. The lowest BCUT2D eigenvalue weighted by Gasteiger charge is -2.03. The van der Waals surface area contributed by atoms with Crippen LogP contribution in [0.5, 0.6) is 0 Å². The average Bonchev–Trinajstić information content (AvgIpc) is 2.97. The summed E-state index contributed by atoms with van der Waals surface area (Å²) in [6, 6.07) is 16.4. The molecule has 0 saturated heterocycles. The van der Waals surface area contributed by atoms with Gasteiger partial charge in [0.1, 0.15) is 5.82 Å². The molecule has 0 radical (unpaired) electrons. The van der Waals surface area contributed by atoms with Crippen LogP contribution in [-0.2, 0) is 12.8 Å². The molecule has 2 aromatic carbocycles. The molecular formula is C18H18ClN3S. The van der Waals surface area contributed by atoms with Crippen LogP contribution < -0.4 is 5.32 Å². The average molecular weight is 344 g/mol. The van der Waals surface area contributed by atoms with Crippen molar-refractivity contribution in [2.24, 2.45) is 0 Å². The molecule has 1 heterocycles. The molecule has 5 heteroatoms. The molecule has 0 aliphatic rings. The van der Waals surface area contributed by atoms with Crippen molar-refractivity contribution in [3.05, 3.63) is 76.1 Å². The highest BCUT2D eigenvalue weighted by atomic mass is 35.5. The Kier molecular flexibility index (Phi) is 5.26. The second-order valence-electron chi connectivity index (χ2n) is 5.48. The number of nitrogens with zero attached hydrogens (tertiary/aromatic N) is 2. The molecule has 0 amide bonds. The molecule has 1 N–H and O–H groups in total. The number of aryl methyl sites for hydroxylation is 1. The highest BCUT2D eigenvalue weighted by molar-refractivity contribution is 7.09. The second-order valence-corrected chi connectivity index (χ2v) is 6.67. The molecule has 0 spiro atoms. The summed E-state index contributed by atoms with van der Waals surface area (Å²) >= 11 is 7.40. The molecule has 0 atom stereocenters. The number of hydrogen-bond acceptors (Lipinski definition) is 4. The molecule has 23 heavy (non-hydrogen) atoms. The maximum atomic E-state index is 5.99. The first kappa shape index (κ1) is 16.0. The Morgan fingerprint density at radius 3 is 2.70 bits per heavy atom. The Hall–Kier alpha value is -1.91. The van der Waals surface area contributed by atoms with Crippen molar-refractivity contribution in [3.8, 4) is 0 Å². The van der Waals surface area contributed by atoms with Crippen LogP contribution in [0.15, 0.2) is 48.5 Å². The lowest BCUT2D eigenvalue weighted by atomic mass is 10.1. The van der Waals surface area contributed by atoms with Crippen LogP contribution in [0.25, 0.3) is 0 Å². The maximum Gasteiger partial charge on any atom is 0.202 e. The van der Waals surface area contributed by atoms with Crippen molar-refractivity contribution in [1.29, 1.82) is 0 Å². The minimum Gasteiger partial charge on any atom is -0.360 e. The molecular weight excluding hydrogens is 326 g/mol. The summed E-state index contributed by atoms with van der Waals surface area (Å²) in [5.74, 6) is 0.865. The van der Waals surface area contributed by atoms with Gasteiger partial charge in [-0.1, -0.05) is 53.6 Å². The summed E-state index contributed by atoms with van der Waals surface area (Å²) in [4.78, 5) is 4.55. The highest BCUT2D eigenvalue weighted by Crippen LogP contribution is 2.15. The van der Waals surface area contributed by atoms with Gasteiger partial charge in [0.05, 0.1) is 0 Å². The number of anilines is 1. The summed E-state index contributed by atoms with van der Waals surface area (Å²) in [7, 11) is 0. The number of rotatable bonds is 6. The molecule has 3 nitrogen and oxygen atoms in total. The van der Waals surface area contributed by atoms with E-state index in [1.165, 1.54) is 28.2 Å². The molecule has 118 valence electrons. The zero-order valence-electron chi connectivity index (χ0n) is 12.9. The molecule has 0 unspecified atom stereocenters. The van der Waals surface area contributed by atoms with Crippen LogP contribution in [0.3, 0.4) is 0 Å². The predicted molar refractivity (Wildman–Crippen MR) is 97.5 cm³/mol. The lowest BCUT2D eigenvalue weighted by molar-refractivity contribution is 0.994. The van der Waals surface area contributed by atoms with Gasteiger partial charge >= 0.3 is 0 Å². The van der Waals surface area contributed by atoms with Crippen LogP contribution in [-0.4, -0.2) is 15.9 Å². The number of hydrogen-bond donors (Lipinski definition) is 1. The van der Waals surface area contributed by atoms with Gasteiger partial charge in [0.25, 0.3) is 0 Å². The zero-order valence-corrected chi connectivity index (χ0v) is 14.5. The van der Waals surface area contributed by atoms with Crippen molar-refractivity contribution in [2.75, 3.05) is 11.9 Å². The van der Waals surface area contributed by atoms with E-state index >= 15 is 0 Å². The minimum absolute atomic E-state index is 0.771. The first-order valence-corrected chi connectivity index (χ1v) is 8.70. The van der Waals surface area contributed by atoms with Crippen molar-refractivity contribution >= 4 is 28.3 Å².